The Morgan fingerprint density at radius 3 is 2.62 bits per heavy atom. The first kappa shape index (κ1) is 12.4. The zero-order valence-corrected chi connectivity index (χ0v) is 9.34. The molecule has 0 saturated carbocycles. The Labute approximate surface area is 92.5 Å². The number of nitrogens with two attached hydrogens (primary N) is 1. The lowest BCUT2D eigenvalue weighted by Crippen LogP contribution is -2.18. The van der Waals surface area contributed by atoms with Gasteiger partial charge in [-0.1, -0.05) is 6.07 Å². The van der Waals surface area contributed by atoms with Gasteiger partial charge in [-0.05, 0) is 19.1 Å². The molecule has 0 saturated heterocycles. The smallest absolute Gasteiger partial charge is 0.251 e. The van der Waals surface area contributed by atoms with E-state index in [4.69, 9.17) is 5.73 Å². The molecule has 0 bridgehead atoms. The van der Waals surface area contributed by atoms with Crippen LogP contribution in [0.5, 0.6) is 0 Å². The molecule has 1 aromatic carbocycles. The van der Waals surface area contributed by atoms with Crippen LogP contribution in [0.1, 0.15) is 17.3 Å². The maximum Gasteiger partial charge on any atom is 0.251 e. The molecule has 88 valence electrons. The fourth-order valence-electron chi connectivity index (χ4n) is 1.04. The summed E-state index contributed by atoms with van der Waals surface area (Å²) in [6, 6.07) is 3.74. The van der Waals surface area contributed by atoms with Crippen LogP contribution in [0.3, 0.4) is 0 Å². The van der Waals surface area contributed by atoms with E-state index in [0.717, 1.165) is 0 Å². The number of carbonyl (C=O) groups is 1. The monoisotopic (exact) mass is 246 g/mol. The topological polar surface area (TPSA) is 89.3 Å². The van der Waals surface area contributed by atoms with E-state index >= 15 is 0 Å². The molecule has 7 heteroatoms. The van der Waals surface area contributed by atoms with Crippen molar-refractivity contribution >= 4 is 21.6 Å². The summed E-state index contributed by atoms with van der Waals surface area (Å²) >= 11 is 0. The van der Waals surface area contributed by atoms with Gasteiger partial charge in [0.25, 0.3) is 5.91 Å². The van der Waals surface area contributed by atoms with Crippen LogP contribution < -0.4 is 10.5 Å². The minimum atomic E-state index is -3.58. The minimum Gasteiger partial charge on any atom is -0.366 e. The summed E-state index contributed by atoms with van der Waals surface area (Å²) in [6.45, 7) is 1.41. The molecule has 1 rings (SSSR count). The van der Waals surface area contributed by atoms with Gasteiger partial charge in [-0.2, -0.15) is 0 Å². The van der Waals surface area contributed by atoms with Gasteiger partial charge in [-0.3, -0.25) is 9.52 Å². The summed E-state index contributed by atoms with van der Waals surface area (Å²) in [6.07, 6.45) is 0. The Kier molecular flexibility index (Phi) is 3.48. The second kappa shape index (κ2) is 4.48. The van der Waals surface area contributed by atoms with Gasteiger partial charge in [0.05, 0.1) is 17.0 Å². The molecule has 0 spiro atoms. The lowest BCUT2D eigenvalue weighted by Gasteiger charge is -2.08. The Morgan fingerprint density at radius 1 is 1.50 bits per heavy atom. The second-order valence-corrected chi connectivity index (χ2v) is 5.05. The van der Waals surface area contributed by atoms with Gasteiger partial charge in [-0.15, -0.1) is 0 Å². The summed E-state index contributed by atoms with van der Waals surface area (Å²) in [5, 5.41) is 0. The van der Waals surface area contributed by atoms with E-state index in [2.05, 4.69) is 0 Å². The molecular formula is C9H11FN2O3S. The van der Waals surface area contributed by atoms with Crippen LogP contribution in [0.4, 0.5) is 10.1 Å². The Hall–Kier alpha value is -1.63. The van der Waals surface area contributed by atoms with Gasteiger partial charge in [-0.25, -0.2) is 12.8 Å². The molecule has 16 heavy (non-hydrogen) atoms. The van der Waals surface area contributed by atoms with E-state index < -0.39 is 21.7 Å². The van der Waals surface area contributed by atoms with Gasteiger partial charge in [0.2, 0.25) is 10.0 Å². The zero-order chi connectivity index (χ0) is 12.3. The quantitative estimate of drug-likeness (QED) is 0.818. The van der Waals surface area contributed by atoms with Crippen molar-refractivity contribution in [1.82, 2.24) is 0 Å². The van der Waals surface area contributed by atoms with Crippen LogP contribution in [0.15, 0.2) is 18.2 Å². The van der Waals surface area contributed by atoms with E-state index in [1.54, 1.807) is 0 Å². The molecule has 0 heterocycles. The van der Waals surface area contributed by atoms with Crippen molar-refractivity contribution in [3.8, 4) is 0 Å². The first-order valence-corrected chi connectivity index (χ1v) is 6.11. The maximum atomic E-state index is 13.6. The number of halogens is 1. The van der Waals surface area contributed by atoms with Gasteiger partial charge >= 0.3 is 0 Å². The van der Waals surface area contributed by atoms with Gasteiger partial charge in [0.1, 0.15) is 0 Å². The molecule has 0 fully saturated rings. The van der Waals surface area contributed by atoms with E-state index in [9.17, 15) is 17.6 Å². The minimum absolute atomic E-state index is 0.187. The third kappa shape index (κ3) is 2.69. The molecule has 3 N–H and O–H groups in total. The predicted molar refractivity (Wildman–Crippen MR) is 58.0 cm³/mol. The summed E-state index contributed by atoms with van der Waals surface area (Å²) < 4.78 is 38.0. The second-order valence-electron chi connectivity index (χ2n) is 3.04. The van der Waals surface area contributed by atoms with Crippen molar-refractivity contribution < 1.29 is 17.6 Å². The number of sulfonamides is 1. The number of hydrogen-bond acceptors (Lipinski definition) is 3. The van der Waals surface area contributed by atoms with Crippen LogP contribution in [0.2, 0.25) is 0 Å². The summed E-state index contributed by atoms with van der Waals surface area (Å²) in [4.78, 5) is 10.8. The Bertz CT molecular complexity index is 513. The number of hydrogen-bond donors (Lipinski definition) is 2. The summed E-state index contributed by atoms with van der Waals surface area (Å²) in [7, 11) is -3.58. The highest BCUT2D eigenvalue weighted by Crippen LogP contribution is 2.18. The number of amides is 1. The van der Waals surface area contributed by atoms with Crippen LogP contribution in [-0.4, -0.2) is 20.1 Å². The van der Waals surface area contributed by atoms with Gasteiger partial charge in [0, 0.05) is 0 Å². The van der Waals surface area contributed by atoms with E-state index in [1.165, 1.54) is 25.1 Å². The number of carbonyl (C=O) groups excluding carboxylic acids is 1. The molecule has 0 aliphatic heterocycles. The van der Waals surface area contributed by atoms with E-state index in [0.29, 0.717) is 0 Å². The van der Waals surface area contributed by atoms with Crippen molar-refractivity contribution in [2.45, 2.75) is 6.92 Å². The third-order valence-electron chi connectivity index (χ3n) is 1.91. The summed E-state index contributed by atoms with van der Waals surface area (Å²) in [5.41, 5.74) is 4.29. The molecule has 0 aliphatic carbocycles. The highest BCUT2D eigenvalue weighted by Gasteiger charge is 2.15. The SMILES string of the molecule is CCS(=O)(=O)Nc1cccc(C(N)=O)c1F. The molecule has 0 aliphatic rings. The molecule has 1 amide bonds. The van der Waals surface area contributed by atoms with Crippen LogP contribution in [-0.2, 0) is 10.0 Å². The molecule has 5 nitrogen and oxygen atoms in total. The fraction of sp³-hybridized carbons (Fsp3) is 0.222. The first-order valence-electron chi connectivity index (χ1n) is 4.46. The average molecular weight is 246 g/mol. The maximum absolute atomic E-state index is 13.6. The van der Waals surface area contributed by atoms with Crippen LogP contribution in [0.25, 0.3) is 0 Å². The molecule has 0 aromatic heterocycles. The van der Waals surface area contributed by atoms with E-state index in [1.807, 2.05) is 4.72 Å². The molecule has 0 unspecified atom stereocenters. The van der Waals surface area contributed by atoms with E-state index in [-0.39, 0.29) is 17.0 Å². The normalized spacial score (nSPS) is 11.1. The highest BCUT2D eigenvalue weighted by atomic mass is 32.2. The highest BCUT2D eigenvalue weighted by molar-refractivity contribution is 7.92. The number of benzene rings is 1. The Balaban J connectivity index is 3.17. The van der Waals surface area contributed by atoms with Crippen molar-refractivity contribution in [3.63, 3.8) is 0 Å². The molecular weight excluding hydrogens is 235 g/mol. The lowest BCUT2D eigenvalue weighted by molar-refractivity contribution is 0.0996. The van der Waals surface area contributed by atoms with Crippen molar-refractivity contribution in [1.29, 1.82) is 0 Å². The van der Waals surface area contributed by atoms with Crippen molar-refractivity contribution in [3.05, 3.63) is 29.6 Å². The molecule has 1 aromatic rings. The Morgan fingerprint density at radius 2 is 2.12 bits per heavy atom. The van der Waals surface area contributed by atoms with Crippen molar-refractivity contribution in [2.75, 3.05) is 10.5 Å². The number of primary amides is 1. The average Bonchev–Trinajstić information content (AvgIpc) is 2.20. The van der Waals surface area contributed by atoms with Gasteiger partial charge < -0.3 is 5.73 Å². The number of nitrogens with one attached hydrogen (secondary N) is 1. The zero-order valence-electron chi connectivity index (χ0n) is 8.53. The van der Waals surface area contributed by atoms with Crippen molar-refractivity contribution in [2.24, 2.45) is 5.73 Å². The standard InChI is InChI=1S/C9H11FN2O3S/c1-2-16(14,15)12-7-5-3-4-6(8(7)10)9(11)13/h3-5,12H,2H2,1H3,(H2,11,13). The van der Waals surface area contributed by atoms with Crippen LogP contribution >= 0.6 is 0 Å². The number of anilines is 1. The fourth-order valence-corrected chi connectivity index (χ4v) is 1.68. The van der Waals surface area contributed by atoms with Crippen LogP contribution in [0, 0.1) is 5.82 Å². The lowest BCUT2D eigenvalue weighted by atomic mass is 10.2. The first-order chi connectivity index (χ1) is 7.37. The third-order valence-corrected chi connectivity index (χ3v) is 3.20. The summed E-state index contributed by atoms with van der Waals surface area (Å²) in [5.74, 6) is -2.10. The van der Waals surface area contributed by atoms with Gasteiger partial charge in [0.15, 0.2) is 5.82 Å². The number of rotatable bonds is 4. The molecule has 0 atom stereocenters. The predicted octanol–water partition coefficient (Wildman–Crippen LogP) is 0.686. The largest absolute Gasteiger partial charge is 0.366 e. The molecule has 0 radical (unpaired) electrons.